The molecule has 2 aliphatic heterocycles. The van der Waals surface area contributed by atoms with Crippen molar-refractivity contribution in [3.8, 4) is 6.07 Å². The molecule has 7 heteroatoms. The summed E-state index contributed by atoms with van der Waals surface area (Å²) >= 11 is 0. The number of hydrogen-bond acceptors (Lipinski definition) is 5. The molecule has 1 aromatic carbocycles. The zero-order chi connectivity index (χ0) is 20.2. The highest BCUT2D eigenvalue weighted by molar-refractivity contribution is 5.98. The van der Waals surface area contributed by atoms with Gasteiger partial charge in [-0.3, -0.25) is 14.5 Å². The first-order chi connectivity index (χ1) is 14.2. The van der Waals surface area contributed by atoms with Crippen LogP contribution in [0.15, 0.2) is 48.7 Å². The summed E-state index contributed by atoms with van der Waals surface area (Å²) in [5.41, 5.74) is 1.73. The predicted octanol–water partition coefficient (Wildman–Crippen LogP) is 1.91. The number of anilines is 1. The molecule has 29 heavy (non-hydrogen) atoms. The molecule has 2 aromatic rings. The Kier molecular flexibility index (Phi) is 5.54. The molecule has 2 saturated heterocycles. The lowest BCUT2D eigenvalue weighted by molar-refractivity contribution is -0.126. The number of nitriles is 1. The molecular weight excluding hydrogens is 366 g/mol. The molecule has 148 valence electrons. The largest absolute Gasteiger partial charge is 0.335 e. The third-order valence-electron chi connectivity index (χ3n) is 5.63. The van der Waals surface area contributed by atoms with E-state index in [1.807, 2.05) is 41.3 Å². The Hall–Kier alpha value is -3.24. The maximum Gasteiger partial charge on any atom is 0.272 e. The number of piperidine rings is 1. The number of amides is 2. The third kappa shape index (κ3) is 3.98. The minimum absolute atomic E-state index is 0.130. The van der Waals surface area contributed by atoms with Gasteiger partial charge in [0.25, 0.3) is 5.91 Å². The molecule has 4 rings (SSSR count). The molecule has 7 nitrogen and oxygen atoms in total. The van der Waals surface area contributed by atoms with Gasteiger partial charge in [0.2, 0.25) is 5.91 Å². The molecule has 0 aliphatic carbocycles. The second-order valence-corrected chi connectivity index (χ2v) is 7.36. The van der Waals surface area contributed by atoms with Crippen LogP contribution in [0, 0.1) is 11.3 Å². The van der Waals surface area contributed by atoms with Gasteiger partial charge in [0, 0.05) is 44.6 Å². The minimum Gasteiger partial charge on any atom is -0.335 e. The molecule has 0 unspecified atom stereocenters. The van der Waals surface area contributed by atoms with Gasteiger partial charge in [0.15, 0.2) is 0 Å². The lowest BCUT2D eigenvalue weighted by Crippen LogP contribution is -2.58. The van der Waals surface area contributed by atoms with Gasteiger partial charge in [0.1, 0.15) is 11.8 Å². The monoisotopic (exact) mass is 389 g/mol. The van der Waals surface area contributed by atoms with Gasteiger partial charge >= 0.3 is 0 Å². The summed E-state index contributed by atoms with van der Waals surface area (Å²) < 4.78 is 0. The van der Waals surface area contributed by atoms with Crippen LogP contribution < -0.4 is 4.90 Å². The van der Waals surface area contributed by atoms with Crippen LogP contribution in [0.3, 0.4) is 0 Å². The van der Waals surface area contributed by atoms with Crippen LogP contribution in [0.1, 0.15) is 28.9 Å². The number of aromatic nitrogens is 1. The number of hydrogen-bond donors (Lipinski definition) is 0. The van der Waals surface area contributed by atoms with Crippen LogP contribution in [-0.2, 0) is 4.79 Å². The summed E-state index contributed by atoms with van der Waals surface area (Å²) in [5.74, 6) is 0.0195. The normalized spacial score (nSPS) is 20.4. The van der Waals surface area contributed by atoms with E-state index in [4.69, 9.17) is 5.26 Å². The van der Waals surface area contributed by atoms with Crippen molar-refractivity contribution in [3.63, 3.8) is 0 Å². The Labute approximate surface area is 170 Å². The minimum atomic E-state index is -0.130. The summed E-state index contributed by atoms with van der Waals surface area (Å²) in [6.45, 7) is 3.22. The second kappa shape index (κ2) is 8.41. The molecule has 0 bridgehead atoms. The molecule has 2 amide bonds. The fourth-order valence-electron chi connectivity index (χ4n) is 4.04. The van der Waals surface area contributed by atoms with Crippen LogP contribution in [-0.4, -0.2) is 65.4 Å². The molecule has 1 aromatic heterocycles. The smallest absolute Gasteiger partial charge is 0.272 e. The topological polar surface area (TPSA) is 80.5 Å². The molecule has 0 saturated carbocycles. The van der Waals surface area contributed by atoms with E-state index in [9.17, 15) is 9.59 Å². The number of benzene rings is 1. The van der Waals surface area contributed by atoms with Crippen LogP contribution in [0.4, 0.5) is 5.69 Å². The van der Waals surface area contributed by atoms with Crippen molar-refractivity contribution < 1.29 is 9.59 Å². The average molecular weight is 389 g/mol. The van der Waals surface area contributed by atoms with E-state index in [1.165, 1.54) is 6.20 Å². The maximum absolute atomic E-state index is 13.1. The van der Waals surface area contributed by atoms with Gasteiger partial charge in [-0.1, -0.05) is 18.2 Å². The van der Waals surface area contributed by atoms with Crippen LogP contribution in [0.5, 0.6) is 0 Å². The quantitative estimate of drug-likeness (QED) is 0.801. The fourth-order valence-corrected chi connectivity index (χ4v) is 4.04. The van der Waals surface area contributed by atoms with Gasteiger partial charge in [-0.05, 0) is 37.1 Å². The Morgan fingerprint density at radius 2 is 1.79 bits per heavy atom. The van der Waals surface area contributed by atoms with Crippen molar-refractivity contribution in [3.05, 3.63) is 59.9 Å². The average Bonchev–Trinajstić information content (AvgIpc) is 2.79. The maximum atomic E-state index is 13.1. The number of rotatable bonds is 3. The number of carbonyl (C=O) groups is 2. The van der Waals surface area contributed by atoms with Crippen molar-refractivity contribution in [1.82, 2.24) is 14.8 Å². The zero-order valence-electron chi connectivity index (χ0n) is 16.2. The number of para-hydroxylation sites is 1. The molecular formula is C22H23N5O2. The SMILES string of the molecule is N#Cc1ccc(C(=O)N2CCN([C@@H]3CCCN(c4ccccc4)C3=O)CC2)nc1. The summed E-state index contributed by atoms with van der Waals surface area (Å²) in [7, 11) is 0. The van der Waals surface area contributed by atoms with E-state index in [1.54, 1.807) is 17.0 Å². The van der Waals surface area contributed by atoms with E-state index in [0.29, 0.717) is 37.4 Å². The Balaban J connectivity index is 1.38. The highest BCUT2D eigenvalue weighted by Crippen LogP contribution is 2.24. The Bertz CT molecular complexity index is 914. The van der Waals surface area contributed by atoms with Crippen LogP contribution in [0.2, 0.25) is 0 Å². The molecule has 0 spiro atoms. The number of pyridine rings is 1. The molecule has 2 aliphatic rings. The Morgan fingerprint density at radius 1 is 1.03 bits per heavy atom. The third-order valence-corrected chi connectivity index (χ3v) is 5.63. The zero-order valence-corrected chi connectivity index (χ0v) is 16.2. The molecule has 0 N–H and O–H groups in total. The summed E-state index contributed by atoms with van der Waals surface area (Å²) in [5, 5.41) is 8.86. The lowest BCUT2D eigenvalue weighted by atomic mass is 10.0. The summed E-state index contributed by atoms with van der Waals surface area (Å²) in [6.07, 6.45) is 3.25. The first-order valence-corrected chi connectivity index (χ1v) is 9.93. The van der Waals surface area contributed by atoms with Gasteiger partial charge < -0.3 is 9.80 Å². The summed E-state index contributed by atoms with van der Waals surface area (Å²) in [6, 6.07) is 14.9. The fraction of sp³-hybridized carbons (Fsp3) is 0.364. The first-order valence-electron chi connectivity index (χ1n) is 9.93. The second-order valence-electron chi connectivity index (χ2n) is 7.36. The van der Waals surface area contributed by atoms with Gasteiger partial charge in [-0.2, -0.15) is 5.26 Å². The van der Waals surface area contributed by atoms with Gasteiger partial charge in [-0.15, -0.1) is 0 Å². The number of nitrogens with zero attached hydrogens (tertiary/aromatic N) is 5. The lowest BCUT2D eigenvalue weighted by Gasteiger charge is -2.42. The molecule has 3 heterocycles. The van der Waals surface area contributed by atoms with Crippen molar-refractivity contribution in [2.24, 2.45) is 0 Å². The highest BCUT2D eigenvalue weighted by atomic mass is 16.2. The van der Waals surface area contributed by atoms with E-state index in [0.717, 1.165) is 25.1 Å². The summed E-state index contributed by atoms with van der Waals surface area (Å²) in [4.78, 5) is 35.7. The van der Waals surface area contributed by atoms with E-state index in [-0.39, 0.29) is 17.9 Å². The van der Waals surface area contributed by atoms with Crippen molar-refractivity contribution in [2.45, 2.75) is 18.9 Å². The van der Waals surface area contributed by atoms with E-state index in [2.05, 4.69) is 9.88 Å². The van der Waals surface area contributed by atoms with Crippen LogP contribution >= 0.6 is 0 Å². The van der Waals surface area contributed by atoms with Gasteiger partial charge in [-0.25, -0.2) is 4.98 Å². The van der Waals surface area contributed by atoms with Crippen molar-refractivity contribution in [1.29, 1.82) is 5.26 Å². The standard InChI is InChI=1S/C22H23N5O2/c23-15-17-8-9-19(24-16-17)21(28)26-13-11-25(12-14-26)20-7-4-10-27(22(20)29)18-5-2-1-3-6-18/h1-3,5-6,8-9,16,20H,4,7,10-14H2/t20-/m1/s1. The first kappa shape index (κ1) is 19.1. The van der Waals surface area contributed by atoms with Crippen LogP contribution in [0.25, 0.3) is 0 Å². The highest BCUT2D eigenvalue weighted by Gasteiger charge is 2.36. The Morgan fingerprint density at radius 3 is 2.45 bits per heavy atom. The van der Waals surface area contributed by atoms with Gasteiger partial charge in [0.05, 0.1) is 11.6 Å². The molecule has 0 radical (unpaired) electrons. The van der Waals surface area contributed by atoms with E-state index < -0.39 is 0 Å². The van der Waals surface area contributed by atoms with Crippen molar-refractivity contribution in [2.75, 3.05) is 37.6 Å². The predicted molar refractivity (Wildman–Crippen MR) is 108 cm³/mol. The molecule has 2 fully saturated rings. The number of carbonyl (C=O) groups excluding carboxylic acids is 2. The van der Waals surface area contributed by atoms with E-state index >= 15 is 0 Å². The number of piperazine rings is 1. The molecule has 1 atom stereocenters. The van der Waals surface area contributed by atoms with Crippen molar-refractivity contribution >= 4 is 17.5 Å².